The van der Waals surface area contributed by atoms with Gasteiger partial charge in [-0.1, -0.05) is 6.92 Å². The Balaban J connectivity index is 1.74. The third-order valence-electron chi connectivity index (χ3n) is 4.72. The Labute approximate surface area is 165 Å². The minimum absolute atomic E-state index is 0.422. The molecule has 0 radical (unpaired) electrons. The number of nitrogen functional groups attached to an aromatic ring is 1. The van der Waals surface area contributed by atoms with Gasteiger partial charge < -0.3 is 24.7 Å². The van der Waals surface area contributed by atoms with Crippen LogP contribution in [-0.4, -0.2) is 47.3 Å². The van der Waals surface area contributed by atoms with E-state index in [2.05, 4.69) is 26.4 Å². The molecule has 150 valence electrons. The van der Waals surface area contributed by atoms with Crippen molar-refractivity contribution >= 4 is 22.7 Å². The van der Waals surface area contributed by atoms with Gasteiger partial charge in [0.15, 0.2) is 11.5 Å². The lowest BCUT2D eigenvalue weighted by Crippen LogP contribution is -2.22. The number of anilines is 2. The molecule has 28 heavy (non-hydrogen) atoms. The first kappa shape index (κ1) is 19.7. The Hall–Kier alpha value is -3.03. The fourth-order valence-corrected chi connectivity index (χ4v) is 3.22. The number of hydrogen-bond acceptors (Lipinski definition) is 7. The number of nitrogens with two attached hydrogens (primary N) is 1. The normalized spacial score (nSPS) is 11.0. The molecule has 0 spiro atoms. The van der Waals surface area contributed by atoms with Crippen molar-refractivity contribution in [2.45, 2.75) is 32.7 Å². The SMILES string of the molecule is CCCn1ccnc1CCCN(C)c1nc(N)c2cc(OC)c(OC)cc2n1. The topological polar surface area (TPSA) is 91.3 Å². The van der Waals surface area contributed by atoms with Crippen molar-refractivity contribution in [1.29, 1.82) is 0 Å². The lowest BCUT2D eigenvalue weighted by Gasteiger charge is -2.18. The molecule has 0 atom stereocenters. The van der Waals surface area contributed by atoms with E-state index in [1.807, 2.05) is 30.4 Å². The summed E-state index contributed by atoms with van der Waals surface area (Å²) in [6.07, 6.45) is 6.86. The molecular weight excluding hydrogens is 356 g/mol. The van der Waals surface area contributed by atoms with Crippen molar-refractivity contribution in [1.82, 2.24) is 19.5 Å². The van der Waals surface area contributed by atoms with Crippen LogP contribution in [-0.2, 0) is 13.0 Å². The van der Waals surface area contributed by atoms with Gasteiger partial charge in [-0.15, -0.1) is 0 Å². The number of hydrogen-bond donors (Lipinski definition) is 1. The number of aromatic nitrogens is 4. The summed E-state index contributed by atoms with van der Waals surface area (Å²) in [5.41, 5.74) is 6.91. The highest BCUT2D eigenvalue weighted by atomic mass is 16.5. The van der Waals surface area contributed by atoms with Crippen LogP contribution >= 0.6 is 0 Å². The zero-order chi connectivity index (χ0) is 20.1. The van der Waals surface area contributed by atoms with Crippen LogP contribution in [0.2, 0.25) is 0 Å². The van der Waals surface area contributed by atoms with E-state index in [4.69, 9.17) is 15.2 Å². The number of imidazole rings is 1. The summed E-state index contributed by atoms with van der Waals surface area (Å²) in [4.78, 5) is 15.6. The molecule has 1 aromatic carbocycles. The van der Waals surface area contributed by atoms with E-state index in [1.165, 1.54) is 0 Å². The summed E-state index contributed by atoms with van der Waals surface area (Å²) in [5.74, 6) is 3.35. The second kappa shape index (κ2) is 8.77. The first-order chi connectivity index (χ1) is 13.6. The fourth-order valence-electron chi connectivity index (χ4n) is 3.22. The van der Waals surface area contributed by atoms with Gasteiger partial charge in [0, 0.05) is 50.4 Å². The second-order valence-corrected chi connectivity index (χ2v) is 6.70. The summed E-state index contributed by atoms with van der Waals surface area (Å²) in [6, 6.07) is 3.63. The maximum absolute atomic E-state index is 6.18. The van der Waals surface area contributed by atoms with Gasteiger partial charge in [-0.05, 0) is 18.9 Å². The van der Waals surface area contributed by atoms with Crippen molar-refractivity contribution in [3.8, 4) is 11.5 Å². The van der Waals surface area contributed by atoms with Gasteiger partial charge in [-0.25, -0.2) is 9.97 Å². The second-order valence-electron chi connectivity index (χ2n) is 6.70. The molecule has 0 saturated carbocycles. The van der Waals surface area contributed by atoms with Crippen molar-refractivity contribution < 1.29 is 9.47 Å². The molecule has 0 aliphatic rings. The molecule has 0 fully saturated rings. The minimum atomic E-state index is 0.422. The van der Waals surface area contributed by atoms with Gasteiger partial charge in [0.1, 0.15) is 11.6 Å². The monoisotopic (exact) mass is 384 g/mol. The quantitative estimate of drug-likeness (QED) is 0.606. The zero-order valence-corrected chi connectivity index (χ0v) is 17.0. The molecular formula is C20H28N6O2. The summed E-state index contributed by atoms with van der Waals surface area (Å²) in [6.45, 7) is 3.97. The lowest BCUT2D eigenvalue weighted by atomic mass is 10.2. The predicted molar refractivity (Wildman–Crippen MR) is 111 cm³/mol. The molecule has 2 aromatic heterocycles. The molecule has 3 aromatic rings. The molecule has 0 aliphatic heterocycles. The molecule has 0 bridgehead atoms. The Kier molecular flexibility index (Phi) is 6.18. The molecule has 0 saturated heterocycles. The molecule has 8 nitrogen and oxygen atoms in total. The zero-order valence-electron chi connectivity index (χ0n) is 17.0. The van der Waals surface area contributed by atoms with Gasteiger partial charge in [-0.2, -0.15) is 4.98 Å². The van der Waals surface area contributed by atoms with Crippen LogP contribution in [0.25, 0.3) is 10.9 Å². The maximum Gasteiger partial charge on any atom is 0.227 e. The van der Waals surface area contributed by atoms with E-state index in [9.17, 15) is 0 Å². The van der Waals surface area contributed by atoms with Crippen molar-refractivity contribution in [3.63, 3.8) is 0 Å². The third kappa shape index (κ3) is 4.11. The highest BCUT2D eigenvalue weighted by Gasteiger charge is 2.14. The smallest absolute Gasteiger partial charge is 0.227 e. The average molecular weight is 384 g/mol. The molecule has 0 amide bonds. The fraction of sp³-hybridized carbons (Fsp3) is 0.450. The summed E-state index contributed by atoms with van der Waals surface area (Å²) >= 11 is 0. The standard InChI is InChI=1S/C20H28N6O2/c1-5-9-26-11-8-22-18(26)7-6-10-25(2)20-23-15-13-17(28-4)16(27-3)12-14(15)19(21)24-20/h8,11-13H,5-7,9-10H2,1-4H3,(H2,21,23,24). The van der Waals surface area contributed by atoms with Crippen LogP contribution < -0.4 is 20.1 Å². The third-order valence-corrected chi connectivity index (χ3v) is 4.72. The van der Waals surface area contributed by atoms with Crippen LogP contribution in [0, 0.1) is 0 Å². The number of rotatable bonds is 9. The maximum atomic E-state index is 6.18. The van der Waals surface area contributed by atoms with Gasteiger partial charge in [0.2, 0.25) is 5.95 Å². The first-order valence-electron chi connectivity index (χ1n) is 9.47. The van der Waals surface area contributed by atoms with E-state index in [0.29, 0.717) is 23.3 Å². The predicted octanol–water partition coefficient (Wildman–Crippen LogP) is 2.90. The Bertz CT molecular complexity index is 940. The van der Waals surface area contributed by atoms with Crippen molar-refractivity contribution in [3.05, 3.63) is 30.4 Å². The Morgan fingerprint density at radius 2 is 1.89 bits per heavy atom. The number of fused-ring (bicyclic) bond motifs is 1. The van der Waals surface area contributed by atoms with E-state index < -0.39 is 0 Å². The van der Waals surface area contributed by atoms with E-state index in [1.54, 1.807) is 20.3 Å². The highest BCUT2D eigenvalue weighted by Crippen LogP contribution is 2.33. The van der Waals surface area contributed by atoms with E-state index in [-0.39, 0.29) is 0 Å². The number of nitrogens with zero attached hydrogens (tertiary/aromatic N) is 5. The number of methoxy groups -OCH3 is 2. The minimum Gasteiger partial charge on any atom is -0.493 e. The molecule has 0 aliphatic carbocycles. The van der Waals surface area contributed by atoms with Gasteiger partial charge in [-0.3, -0.25) is 0 Å². The molecule has 8 heteroatoms. The van der Waals surface area contributed by atoms with Crippen LogP contribution in [0.4, 0.5) is 11.8 Å². The first-order valence-corrected chi connectivity index (χ1v) is 9.47. The number of benzene rings is 1. The van der Waals surface area contributed by atoms with Gasteiger partial charge in [0.25, 0.3) is 0 Å². The molecule has 3 rings (SSSR count). The average Bonchev–Trinajstić information content (AvgIpc) is 3.14. The number of aryl methyl sites for hydroxylation is 2. The molecule has 2 heterocycles. The van der Waals surface area contributed by atoms with Crippen LogP contribution in [0.5, 0.6) is 11.5 Å². The van der Waals surface area contributed by atoms with Gasteiger partial charge >= 0.3 is 0 Å². The Morgan fingerprint density at radius 1 is 1.14 bits per heavy atom. The van der Waals surface area contributed by atoms with Crippen molar-refractivity contribution in [2.75, 3.05) is 38.4 Å². The largest absolute Gasteiger partial charge is 0.493 e. The van der Waals surface area contributed by atoms with Crippen LogP contribution in [0.15, 0.2) is 24.5 Å². The Morgan fingerprint density at radius 3 is 2.61 bits per heavy atom. The van der Waals surface area contributed by atoms with Crippen molar-refractivity contribution in [2.24, 2.45) is 0 Å². The van der Waals surface area contributed by atoms with E-state index in [0.717, 1.165) is 49.1 Å². The van der Waals surface area contributed by atoms with Crippen LogP contribution in [0.1, 0.15) is 25.6 Å². The van der Waals surface area contributed by atoms with E-state index >= 15 is 0 Å². The summed E-state index contributed by atoms with van der Waals surface area (Å²) in [7, 11) is 5.16. The number of ether oxygens (including phenoxy) is 2. The molecule has 2 N–H and O–H groups in total. The summed E-state index contributed by atoms with van der Waals surface area (Å²) < 4.78 is 12.9. The van der Waals surface area contributed by atoms with Gasteiger partial charge in [0.05, 0.1) is 19.7 Å². The summed E-state index contributed by atoms with van der Waals surface area (Å²) in [5, 5.41) is 0.747. The van der Waals surface area contributed by atoms with Crippen LogP contribution in [0.3, 0.4) is 0 Å². The molecule has 0 unspecified atom stereocenters. The highest BCUT2D eigenvalue weighted by molar-refractivity contribution is 5.91. The lowest BCUT2D eigenvalue weighted by molar-refractivity contribution is 0.356.